The maximum atomic E-state index is 5.55. The van der Waals surface area contributed by atoms with Gasteiger partial charge in [-0.05, 0) is 18.6 Å². The number of rotatable bonds is 4. The smallest absolute Gasteiger partial charge is 0.276 e. The minimum Gasteiger partial charge on any atom is -0.397 e. The summed E-state index contributed by atoms with van der Waals surface area (Å²) >= 11 is 0. The Labute approximate surface area is 93.7 Å². The molecule has 0 aliphatic rings. The van der Waals surface area contributed by atoms with Crippen LogP contribution in [-0.2, 0) is 6.42 Å². The maximum absolute atomic E-state index is 5.55. The lowest BCUT2D eigenvalue weighted by Crippen LogP contribution is -1.89. The van der Waals surface area contributed by atoms with Crippen molar-refractivity contribution in [3.63, 3.8) is 0 Å². The molecule has 0 aliphatic heterocycles. The molecule has 2 aromatic rings. The highest BCUT2D eigenvalue weighted by atomic mass is 16.5. The molecule has 0 aromatic carbocycles. The largest absolute Gasteiger partial charge is 0.397 e. The van der Waals surface area contributed by atoms with Crippen molar-refractivity contribution < 1.29 is 4.52 Å². The zero-order valence-corrected chi connectivity index (χ0v) is 9.18. The van der Waals surface area contributed by atoms with Gasteiger partial charge in [-0.1, -0.05) is 18.5 Å². The molecular formula is C11H14N4O. The molecule has 5 nitrogen and oxygen atoms in total. The summed E-state index contributed by atoms with van der Waals surface area (Å²) in [5.74, 6) is 1.18. The van der Waals surface area contributed by atoms with E-state index in [1.165, 1.54) is 0 Å². The molecule has 0 amide bonds. The first-order valence-electron chi connectivity index (χ1n) is 5.34. The van der Waals surface area contributed by atoms with Crippen molar-refractivity contribution >= 4 is 5.69 Å². The molecule has 0 bridgehead atoms. The van der Waals surface area contributed by atoms with Gasteiger partial charge in [-0.3, -0.25) is 0 Å². The highest BCUT2D eigenvalue weighted by Gasteiger charge is 2.08. The summed E-state index contributed by atoms with van der Waals surface area (Å²) in [4.78, 5) is 8.39. The Morgan fingerprint density at radius 1 is 1.38 bits per heavy atom. The third-order valence-electron chi connectivity index (χ3n) is 2.23. The number of hydrogen-bond donors (Lipinski definition) is 1. The van der Waals surface area contributed by atoms with Gasteiger partial charge in [0.2, 0.25) is 0 Å². The van der Waals surface area contributed by atoms with Crippen LogP contribution in [0, 0.1) is 0 Å². The Balaban J connectivity index is 2.15. The molecule has 0 radical (unpaired) electrons. The molecule has 0 saturated heterocycles. The van der Waals surface area contributed by atoms with E-state index in [0.29, 0.717) is 17.3 Å². The molecule has 0 unspecified atom stereocenters. The second kappa shape index (κ2) is 4.74. The van der Waals surface area contributed by atoms with E-state index in [9.17, 15) is 0 Å². The predicted octanol–water partition coefficient (Wildman–Crippen LogP) is 2.06. The molecule has 0 atom stereocenters. The lowest BCUT2D eigenvalue weighted by molar-refractivity contribution is 0.420. The highest BCUT2D eigenvalue weighted by Crippen LogP contribution is 2.15. The van der Waals surface area contributed by atoms with Gasteiger partial charge in [-0.15, -0.1) is 0 Å². The molecular weight excluding hydrogens is 204 g/mol. The minimum absolute atomic E-state index is 0.450. The van der Waals surface area contributed by atoms with Crippen LogP contribution in [-0.4, -0.2) is 15.1 Å². The van der Waals surface area contributed by atoms with Crippen molar-refractivity contribution in [1.82, 2.24) is 15.1 Å². The van der Waals surface area contributed by atoms with Gasteiger partial charge in [-0.2, -0.15) is 4.98 Å². The number of pyridine rings is 1. The van der Waals surface area contributed by atoms with Crippen LogP contribution in [0.2, 0.25) is 0 Å². The van der Waals surface area contributed by atoms with E-state index < -0.39 is 0 Å². The van der Waals surface area contributed by atoms with Gasteiger partial charge in [-0.25, -0.2) is 4.98 Å². The Kier molecular flexibility index (Phi) is 3.14. The molecule has 2 rings (SSSR count). The summed E-state index contributed by atoms with van der Waals surface area (Å²) in [6.45, 7) is 2.13. The average molecular weight is 218 g/mol. The van der Waals surface area contributed by atoms with E-state index in [1.807, 2.05) is 0 Å². The van der Waals surface area contributed by atoms with Gasteiger partial charge < -0.3 is 10.3 Å². The predicted molar refractivity (Wildman–Crippen MR) is 60.6 cm³/mol. The molecule has 2 heterocycles. The fourth-order valence-electron chi connectivity index (χ4n) is 1.33. The normalized spacial score (nSPS) is 10.6. The van der Waals surface area contributed by atoms with E-state index in [1.54, 1.807) is 18.3 Å². The van der Waals surface area contributed by atoms with Crippen molar-refractivity contribution in [3.05, 3.63) is 24.2 Å². The third-order valence-corrected chi connectivity index (χ3v) is 2.23. The second-order valence-corrected chi connectivity index (χ2v) is 3.60. The molecule has 0 aliphatic carbocycles. The molecule has 2 aromatic heterocycles. The van der Waals surface area contributed by atoms with Gasteiger partial charge >= 0.3 is 0 Å². The van der Waals surface area contributed by atoms with Crippen molar-refractivity contribution in [2.45, 2.75) is 26.2 Å². The molecule has 0 spiro atoms. The van der Waals surface area contributed by atoms with Crippen LogP contribution >= 0.6 is 0 Å². The van der Waals surface area contributed by atoms with Crippen molar-refractivity contribution in [3.8, 4) is 11.6 Å². The maximum Gasteiger partial charge on any atom is 0.276 e. The molecule has 5 heteroatoms. The second-order valence-electron chi connectivity index (χ2n) is 3.60. The first-order chi connectivity index (χ1) is 7.79. The number of nitrogens with two attached hydrogens (primary N) is 1. The van der Waals surface area contributed by atoms with Crippen LogP contribution < -0.4 is 5.73 Å². The van der Waals surface area contributed by atoms with E-state index in [0.717, 1.165) is 25.1 Å². The minimum atomic E-state index is 0.450. The van der Waals surface area contributed by atoms with E-state index >= 15 is 0 Å². The van der Waals surface area contributed by atoms with Gasteiger partial charge in [0.1, 0.15) is 5.69 Å². The Bertz CT molecular complexity index is 449. The van der Waals surface area contributed by atoms with Crippen molar-refractivity contribution in [2.75, 3.05) is 5.73 Å². The summed E-state index contributed by atoms with van der Waals surface area (Å²) in [5.41, 5.74) is 6.82. The molecule has 84 valence electrons. The summed E-state index contributed by atoms with van der Waals surface area (Å²) < 4.78 is 5.12. The fraction of sp³-hybridized carbons (Fsp3) is 0.364. The lowest BCUT2D eigenvalue weighted by atomic mass is 10.2. The average Bonchev–Trinajstić information content (AvgIpc) is 2.76. The van der Waals surface area contributed by atoms with Crippen LogP contribution in [0.3, 0.4) is 0 Å². The number of hydrogen-bond acceptors (Lipinski definition) is 5. The lowest BCUT2D eigenvalue weighted by Gasteiger charge is -1.93. The van der Waals surface area contributed by atoms with E-state index in [-0.39, 0.29) is 0 Å². The van der Waals surface area contributed by atoms with Crippen LogP contribution in [0.25, 0.3) is 11.6 Å². The zero-order chi connectivity index (χ0) is 11.4. The van der Waals surface area contributed by atoms with Crippen molar-refractivity contribution in [2.24, 2.45) is 0 Å². The first kappa shape index (κ1) is 10.6. The standard InChI is InChI=1S/C11H14N4O/c1-2-3-4-10-14-11(16-15-10)9-6-5-8(12)7-13-9/h5-7H,2-4,12H2,1H3. The van der Waals surface area contributed by atoms with E-state index in [4.69, 9.17) is 10.3 Å². The summed E-state index contributed by atoms with van der Waals surface area (Å²) in [5, 5.41) is 3.90. The number of unbranched alkanes of at least 4 members (excludes halogenated alkanes) is 1. The third kappa shape index (κ3) is 2.36. The molecule has 2 N–H and O–H groups in total. The Hall–Kier alpha value is -1.91. The summed E-state index contributed by atoms with van der Waals surface area (Å²) in [6, 6.07) is 3.53. The van der Waals surface area contributed by atoms with Crippen LogP contribution in [0.15, 0.2) is 22.9 Å². The number of nitrogen functional groups attached to an aromatic ring is 1. The van der Waals surface area contributed by atoms with Crippen LogP contribution in [0.4, 0.5) is 5.69 Å². The monoisotopic (exact) mass is 218 g/mol. The SMILES string of the molecule is CCCCc1noc(-c2ccc(N)cn2)n1. The summed E-state index contributed by atoms with van der Waals surface area (Å²) in [7, 11) is 0. The van der Waals surface area contributed by atoms with Gasteiger partial charge in [0.25, 0.3) is 5.89 Å². The molecule has 16 heavy (non-hydrogen) atoms. The van der Waals surface area contributed by atoms with Crippen LogP contribution in [0.5, 0.6) is 0 Å². The van der Waals surface area contributed by atoms with Crippen molar-refractivity contribution in [1.29, 1.82) is 0 Å². The molecule has 0 saturated carbocycles. The quantitative estimate of drug-likeness (QED) is 0.849. The highest BCUT2D eigenvalue weighted by molar-refractivity contribution is 5.50. The Morgan fingerprint density at radius 3 is 2.94 bits per heavy atom. The van der Waals surface area contributed by atoms with Gasteiger partial charge in [0.05, 0.1) is 11.9 Å². The number of nitrogens with zero attached hydrogens (tertiary/aromatic N) is 3. The number of aryl methyl sites for hydroxylation is 1. The number of anilines is 1. The van der Waals surface area contributed by atoms with Crippen LogP contribution in [0.1, 0.15) is 25.6 Å². The fourth-order valence-corrected chi connectivity index (χ4v) is 1.33. The topological polar surface area (TPSA) is 77.8 Å². The van der Waals surface area contributed by atoms with E-state index in [2.05, 4.69) is 22.0 Å². The Morgan fingerprint density at radius 2 is 2.25 bits per heavy atom. The summed E-state index contributed by atoms with van der Waals surface area (Å²) in [6.07, 6.45) is 4.60. The van der Waals surface area contributed by atoms with Gasteiger partial charge in [0, 0.05) is 6.42 Å². The first-order valence-corrected chi connectivity index (χ1v) is 5.34. The molecule has 0 fully saturated rings. The number of aromatic nitrogens is 3. The van der Waals surface area contributed by atoms with Gasteiger partial charge in [0.15, 0.2) is 5.82 Å². The zero-order valence-electron chi connectivity index (χ0n) is 9.18.